The smallest absolute Gasteiger partial charge is 0.261 e. The third-order valence-corrected chi connectivity index (χ3v) is 4.46. The van der Waals surface area contributed by atoms with Gasteiger partial charge in [-0.2, -0.15) is 5.26 Å². The topological polar surface area (TPSA) is 87.6 Å². The quantitative estimate of drug-likeness (QED) is 0.538. The van der Waals surface area contributed by atoms with Crippen LogP contribution in [0, 0.1) is 11.3 Å². The van der Waals surface area contributed by atoms with Gasteiger partial charge in [0.25, 0.3) is 5.91 Å². The van der Waals surface area contributed by atoms with Crippen molar-refractivity contribution in [2.75, 3.05) is 12.4 Å². The van der Waals surface area contributed by atoms with Crippen LogP contribution >= 0.6 is 0 Å². The van der Waals surface area contributed by atoms with Crippen molar-refractivity contribution in [1.29, 1.82) is 5.26 Å². The summed E-state index contributed by atoms with van der Waals surface area (Å²) in [6.45, 7) is 0. The third-order valence-electron chi connectivity index (χ3n) is 4.46. The van der Waals surface area contributed by atoms with Gasteiger partial charge in [0.1, 0.15) is 16.9 Å². The number of amides is 1. The molecule has 0 saturated heterocycles. The molecular formula is C24H17N3O3. The number of fused-ring (bicyclic) bond motifs is 1. The first-order valence-corrected chi connectivity index (χ1v) is 9.19. The lowest BCUT2D eigenvalue weighted by molar-refractivity contribution is 0.102. The molecule has 1 heterocycles. The number of carbonyl (C=O) groups is 1. The summed E-state index contributed by atoms with van der Waals surface area (Å²) >= 11 is 0. The second-order valence-electron chi connectivity index (χ2n) is 6.46. The van der Waals surface area contributed by atoms with Crippen LogP contribution in [0.2, 0.25) is 0 Å². The van der Waals surface area contributed by atoms with Crippen LogP contribution in [0.4, 0.5) is 11.4 Å². The van der Waals surface area contributed by atoms with E-state index in [-0.39, 0.29) is 11.5 Å². The zero-order valence-corrected chi connectivity index (χ0v) is 16.1. The van der Waals surface area contributed by atoms with Gasteiger partial charge in [-0.15, -0.1) is 0 Å². The van der Waals surface area contributed by atoms with Crippen molar-refractivity contribution in [3.05, 3.63) is 95.5 Å². The predicted molar refractivity (Wildman–Crippen MR) is 114 cm³/mol. The summed E-state index contributed by atoms with van der Waals surface area (Å²) in [6.07, 6.45) is 0. The zero-order valence-electron chi connectivity index (χ0n) is 16.1. The maximum absolute atomic E-state index is 13.0. The molecule has 0 unspecified atom stereocenters. The highest BCUT2D eigenvalue weighted by Gasteiger charge is 2.14. The zero-order chi connectivity index (χ0) is 20.9. The van der Waals surface area contributed by atoms with Crippen molar-refractivity contribution in [1.82, 2.24) is 0 Å². The molecule has 30 heavy (non-hydrogen) atoms. The van der Waals surface area contributed by atoms with Gasteiger partial charge in [0.2, 0.25) is 5.55 Å². The average molecular weight is 395 g/mol. The van der Waals surface area contributed by atoms with Crippen molar-refractivity contribution in [2.45, 2.75) is 0 Å². The molecule has 0 aliphatic carbocycles. The monoisotopic (exact) mass is 395 g/mol. The van der Waals surface area contributed by atoms with E-state index in [0.717, 1.165) is 5.39 Å². The third kappa shape index (κ3) is 4.05. The molecule has 0 saturated carbocycles. The van der Waals surface area contributed by atoms with Gasteiger partial charge in [-0.1, -0.05) is 18.2 Å². The first kappa shape index (κ1) is 19.0. The van der Waals surface area contributed by atoms with Crippen LogP contribution in [0.25, 0.3) is 11.0 Å². The number of anilines is 1. The van der Waals surface area contributed by atoms with E-state index in [1.54, 1.807) is 61.7 Å². The Kier molecular flexibility index (Phi) is 5.27. The number of methoxy groups -OCH3 is 1. The van der Waals surface area contributed by atoms with E-state index in [9.17, 15) is 4.79 Å². The highest BCUT2D eigenvalue weighted by atomic mass is 16.5. The molecule has 1 amide bonds. The van der Waals surface area contributed by atoms with Crippen molar-refractivity contribution in [2.24, 2.45) is 4.99 Å². The molecule has 0 aliphatic heterocycles. The second-order valence-corrected chi connectivity index (χ2v) is 6.46. The molecule has 0 bridgehead atoms. The van der Waals surface area contributed by atoms with E-state index in [1.165, 1.54) is 0 Å². The van der Waals surface area contributed by atoms with Gasteiger partial charge < -0.3 is 14.5 Å². The van der Waals surface area contributed by atoms with E-state index >= 15 is 0 Å². The number of ether oxygens (including phenoxy) is 1. The molecule has 1 N–H and O–H groups in total. The fourth-order valence-electron chi connectivity index (χ4n) is 2.92. The number of nitrogens with one attached hydrogen (secondary N) is 1. The average Bonchev–Trinajstić information content (AvgIpc) is 2.79. The minimum absolute atomic E-state index is 0.161. The van der Waals surface area contributed by atoms with Crippen LogP contribution in [0.3, 0.4) is 0 Å². The van der Waals surface area contributed by atoms with E-state index < -0.39 is 0 Å². The lowest BCUT2D eigenvalue weighted by Gasteiger charge is -2.08. The fourth-order valence-corrected chi connectivity index (χ4v) is 2.92. The highest BCUT2D eigenvalue weighted by molar-refractivity contribution is 6.05. The lowest BCUT2D eigenvalue weighted by atomic mass is 10.1. The minimum atomic E-state index is -0.338. The largest absolute Gasteiger partial charge is 0.497 e. The molecular weight excluding hydrogens is 378 g/mol. The van der Waals surface area contributed by atoms with Crippen LogP contribution in [-0.4, -0.2) is 13.0 Å². The van der Waals surface area contributed by atoms with Crippen LogP contribution in [0.15, 0.2) is 88.3 Å². The molecule has 4 rings (SSSR count). The van der Waals surface area contributed by atoms with Crippen molar-refractivity contribution < 1.29 is 13.9 Å². The summed E-state index contributed by atoms with van der Waals surface area (Å²) in [5, 5.41) is 12.6. The van der Waals surface area contributed by atoms with Gasteiger partial charge in [-0.05, 0) is 54.6 Å². The predicted octanol–water partition coefficient (Wildman–Crippen LogP) is 4.80. The van der Waals surface area contributed by atoms with E-state index in [2.05, 4.69) is 16.4 Å². The molecule has 4 aromatic rings. The molecule has 0 fully saturated rings. The number of benzene rings is 3. The second kappa shape index (κ2) is 8.33. The van der Waals surface area contributed by atoms with Crippen molar-refractivity contribution >= 4 is 28.3 Å². The van der Waals surface area contributed by atoms with Crippen molar-refractivity contribution in [3.8, 4) is 11.8 Å². The Bertz CT molecular complexity index is 1320. The van der Waals surface area contributed by atoms with Crippen molar-refractivity contribution in [3.63, 3.8) is 0 Å². The Balaban J connectivity index is 1.85. The molecule has 1 aromatic heterocycles. The summed E-state index contributed by atoms with van der Waals surface area (Å²) in [7, 11) is 1.57. The Hall–Kier alpha value is -4.37. The van der Waals surface area contributed by atoms with Crippen LogP contribution in [0.5, 0.6) is 5.75 Å². The number of carbonyl (C=O) groups excluding carboxylic acids is 1. The highest BCUT2D eigenvalue weighted by Crippen LogP contribution is 2.21. The first-order valence-electron chi connectivity index (χ1n) is 9.19. The number of rotatable bonds is 4. The molecule has 146 valence electrons. The minimum Gasteiger partial charge on any atom is -0.497 e. The Morgan fingerprint density at radius 3 is 2.50 bits per heavy atom. The van der Waals surface area contributed by atoms with E-state index in [0.29, 0.717) is 33.8 Å². The molecule has 6 heteroatoms. The van der Waals surface area contributed by atoms with Gasteiger partial charge in [0.05, 0.1) is 24.4 Å². The standard InChI is InChI=1S/C24H17N3O3/c1-29-20-12-9-17-13-21(23(28)26-18-5-3-2-4-6-18)24(30-22(17)14-20)27-19-10-7-16(15-25)8-11-19/h2-14H,1H3,(H,26,28). The van der Waals surface area contributed by atoms with Gasteiger partial charge in [-0.3, -0.25) is 4.79 Å². The van der Waals surface area contributed by atoms with Gasteiger partial charge in [0.15, 0.2) is 0 Å². The maximum atomic E-state index is 13.0. The number of nitrogens with zero attached hydrogens (tertiary/aromatic N) is 2. The summed E-state index contributed by atoms with van der Waals surface area (Å²) in [4.78, 5) is 17.5. The number of hydrogen-bond donors (Lipinski definition) is 1. The van der Waals surface area contributed by atoms with Gasteiger partial charge >= 0.3 is 0 Å². The van der Waals surface area contributed by atoms with Crippen LogP contribution < -0.4 is 15.6 Å². The lowest BCUT2D eigenvalue weighted by Crippen LogP contribution is -2.21. The molecule has 0 radical (unpaired) electrons. The van der Waals surface area contributed by atoms with Gasteiger partial charge in [-0.25, -0.2) is 4.99 Å². The fraction of sp³-hybridized carbons (Fsp3) is 0.0417. The normalized spacial score (nSPS) is 11.1. The summed E-state index contributed by atoms with van der Waals surface area (Å²) < 4.78 is 11.2. The Morgan fingerprint density at radius 1 is 1.03 bits per heavy atom. The maximum Gasteiger partial charge on any atom is 0.261 e. The number of para-hydroxylation sites is 1. The van der Waals surface area contributed by atoms with Crippen LogP contribution in [0.1, 0.15) is 15.9 Å². The number of nitriles is 1. The Labute approximate surface area is 172 Å². The molecule has 0 aliphatic rings. The first-order chi connectivity index (χ1) is 14.7. The summed E-state index contributed by atoms with van der Waals surface area (Å²) in [5.41, 5.74) is 2.75. The summed E-state index contributed by atoms with van der Waals surface area (Å²) in [5.74, 6) is 0.298. The molecule has 0 atom stereocenters. The molecule has 6 nitrogen and oxygen atoms in total. The molecule has 0 spiro atoms. The van der Waals surface area contributed by atoms with Crippen LogP contribution in [-0.2, 0) is 0 Å². The summed E-state index contributed by atoms with van der Waals surface area (Å²) in [6, 6.07) is 25.0. The SMILES string of the molecule is COc1ccc2cc(C(=O)Nc3ccccc3)c(=Nc3ccc(C#N)cc3)oc2c1. The van der Waals surface area contributed by atoms with Gasteiger partial charge in [0, 0.05) is 17.1 Å². The Morgan fingerprint density at radius 2 is 1.80 bits per heavy atom. The van der Waals surface area contributed by atoms with E-state index in [4.69, 9.17) is 14.4 Å². The number of hydrogen-bond acceptors (Lipinski definition) is 5. The van der Waals surface area contributed by atoms with E-state index in [1.807, 2.05) is 24.3 Å². The molecule has 3 aromatic carbocycles.